The van der Waals surface area contributed by atoms with Crippen molar-refractivity contribution in [1.29, 1.82) is 0 Å². The van der Waals surface area contributed by atoms with Gasteiger partial charge < -0.3 is 5.11 Å². The Kier molecular flexibility index (Phi) is 5.86. The van der Waals surface area contributed by atoms with E-state index in [1.165, 1.54) is 36.8 Å². The van der Waals surface area contributed by atoms with Crippen LogP contribution in [0.1, 0.15) is 50.7 Å². The minimum absolute atomic E-state index is 0.367. The van der Waals surface area contributed by atoms with Crippen LogP contribution in [0.2, 0.25) is 0 Å². The summed E-state index contributed by atoms with van der Waals surface area (Å²) in [5, 5.41) is 10.1. The van der Waals surface area contributed by atoms with Crippen molar-refractivity contribution in [2.75, 3.05) is 0 Å². The van der Waals surface area contributed by atoms with E-state index in [4.69, 9.17) is 0 Å². The molecule has 0 unspecified atom stereocenters. The lowest BCUT2D eigenvalue weighted by molar-refractivity contribution is 0.477. The van der Waals surface area contributed by atoms with Gasteiger partial charge in [0.1, 0.15) is 5.75 Å². The van der Waals surface area contributed by atoms with Crippen molar-refractivity contribution in [3.63, 3.8) is 0 Å². The van der Waals surface area contributed by atoms with Crippen molar-refractivity contribution in [3.8, 4) is 16.9 Å². The summed E-state index contributed by atoms with van der Waals surface area (Å²) in [6.45, 7) is 4.45. The number of aryl methyl sites for hydroxylation is 2. The number of unbranched alkanes of at least 4 members (excludes halogenated alkanes) is 2. The van der Waals surface area contributed by atoms with Crippen molar-refractivity contribution in [1.82, 2.24) is 0 Å². The predicted octanol–water partition coefficient (Wildman–Crippen LogP) is 5.74. The quantitative estimate of drug-likeness (QED) is 0.686. The molecule has 0 spiro atoms. The Morgan fingerprint density at radius 2 is 1.38 bits per heavy atom. The summed E-state index contributed by atoms with van der Waals surface area (Å²) in [7, 11) is 0. The van der Waals surface area contributed by atoms with Crippen LogP contribution in [0.15, 0.2) is 42.5 Å². The minimum Gasteiger partial charge on any atom is -0.507 e. The first-order chi connectivity index (χ1) is 10.2. The Morgan fingerprint density at radius 3 is 1.90 bits per heavy atom. The van der Waals surface area contributed by atoms with Crippen LogP contribution >= 0.6 is 0 Å². The molecule has 0 atom stereocenters. The van der Waals surface area contributed by atoms with E-state index in [0.29, 0.717) is 5.75 Å². The third-order valence-corrected chi connectivity index (χ3v) is 3.91. The number of hydrogen-bond acceptors (Lipinski definition) is 1. The molecule has 0 heterocycles. The van der Waals surface area contributed by atoms with Crippen molar-refractivity contribution < 1.29 is 5.11 Å². The van der Waals surface area contributed by atoms with Gasteiger partial charge in [0, 0.05) is 5.56 Å². The summed E-state index contributed by atoms with van der Waals surface area (Å²) in [6.07, 6.45) is 7.11. The number of hydrogen-bond donors (Lipinski definition) is 1. The molecule has 2 aromatic rings. The highest BCUT2D eigenvalue weighted by Crippen LogP contribution is 2.31. The van der Waals surface area contributed by atoms with Gasteiger partial charge in [0.25, 0.3) is 0 Å². The number of phenolic OH excluding ortho intramolecular Hbond substituents is 1. The largest absolute Gasteiger partial charge is 0.507 e. The van der Waals surface area contributed by atoms with E-state index in [9.17, 15) is 5.11 Å². The van der Waals surface area contributed by atoms with Crippen molar-refractivity contribution in [2.24, 2.45) is 0 Å². The Hall–Kier alpha value is -1.76. The molecule has 0 bridgehead atoms. The van der Waals surface area contributed by atoms with Gasteiger partial charge in [-0.05, 0) is 48.4 Å². The van der Waals surface area contributed by atoms with Gasteiger partial charge in [0.15, 0.2) is 0 Å². The lowest BCUT2D eigenvalue weighted by atomic mass is 9.95. The van der Waals surface area contributed by atoms with Gasteiger partial charge in [-0.2, -0.15) is 0 Å². The van der Waals surface area contributed by atoms with Gasteiger partial charge in [-0.3, -0.25) is 0 Å². The van der Waals surface area contributed by atoms with E-state index < -0.39 is 0 Å². The number of benzene rings is 2. The number of aromatic hydroxyl groups is 1. The number of phenols is 1. The molecular weight excluding hydrogens is 256 g/mol. The van der Waals surface area contributed by atoms with E-state index in [1.807, 2.05) is 18.2 Å². The van der Waals surface area contributed by atoms with Gasteiger partial charge in [-0.15, -0.1) is 0 Å². The molecule has 0 aliphatic carbocycles. The first-order valence-corrected chi connectivity index (χ1v) is 8.15. The molecule has 0 amide bonds. The maximum absolute atomic E-state index is 10.1. The maximum Gasteiger partial charge on any atom is 0.123 e. The average Bonchev–Trinajstić information content (AvgIpc) is 2.51. The molecule has 2 aromatic carbocycles. The van der Waals surface area contributed by atoms with E-state index in [-0.39, 0.29) is 0 Å². The lowest BCUT2D eigenvalue weighted by Gasteiger charge is -2.11. The second-order valence-electron chi connectivity index (χ2n) is 5.76. The molecule has 0 aliphatic rings. The third kappa shape index (κ3) is 4.35. The topological polar surface area (TPSA) is 20.2 Å². The zero-order chi connectivity index (χ0) is 15.1. The molecule has 2 rings (SSSR count). The summed E-state index contributed by atoms with van der Waals surface area (Å²) in [5.74, 6) is 0.367. The van der Waals surface area contributed by atoms with Crippen molar-refractivity contribution >= 4 is 0 Å². The lowest BCUT2D eigenvalue weighted by Crippen LogP contribution is -1.93. The minimum atomic E-state index is 0.367. The van der Waals surface area contributed by atoms with Gasteiger partial charge in [0.2, 0.25) is 0 Å². The van der Waals surface area contributed by atoms with Crippen LogP contribution in [-0.4, -0.2) is 5.11 Å². The smallest absolute Gasteiger partial charge is 0.123 e. The molecule has 0 aliphatic heterocycles. The fourth-order valence-electron chi connectivity index (χ4n) is 2.69. The molecule has 0 aromatic heterocycles. The summed E-state index contributed by atoms with van der Waals surface area (Å²) in [4.78, 5) is 0. The third-order valence-electron chi connectivity index (χ3n) is 3.91. The second kappa shape index (κ2) is 7.87. The van der Waals surface area contributed by atoms with Gasteiger partial charge >= 0.3 is 0 Å². The summed E-state index contributed by atoms with van der Waals surface area (Å²) in [5.41, 5.74) is 4.87. The van der Waals surface area contributed by atoms with Crippen LogP contribution in [0.4, 0.5) is 0 Å². The molecule has 1 N–H and O–H groups in total. The van der Waals surface area contributed by atoms with Crippen LogP contribution in [0, 0.1) is 0 Å². The number of rotatable bonds is 7. The Balaban J connectivity index is 2.36. The van der Waals surface area contributed by atoms with Crippen LogP contribution in [0.5, 0.6) is 5.75 Å². The first kappa shape index (κ1) is 15.6. The zero-order valence-electron chi connectivity index (χ0n) is 13.2. The Bertz CT molecular complexity index is 546. The molecule has 21 heavy (non-hydrogen) atoms. The van der Waals surface area contributed by atoms with E-state index in [2.05, 4.69) is 32.0 Å². The highest BCUT2D eigenvalue weighted by molar-refractivity contribution is 5.71. The normalized spacial score (nSPS) is 10.8. The van der Waals surface area contributed by atoms with Gasteiger partial charge in [0.05, 0.1) is 0 Å². The van der Waals surface area contributed by atoms with E-state index >= 15 is 0 Å². The Morgan fingerprint density at radius 1 is 0.810 bits per heavy atom. The highest BCUT2D eigenvalue weighted by atomic mass is 16.3. The first-order valence-electron chi connectivity index (χ1n) is 8.15. The molecule has 1 nitrogen and oxygen atoms in total. The standard InChI is InChI=1S/C20H26O/c1-3-5-9-16-13-17(10-6-4-2)15-18(14-16)19-11-7-8-12-20(19)21/h7-8,11-15,21H,3-6,9-10H2,1-2H3. The van der Waals surface area contributed by atoms with Crippen LogP contribution in [-0.2, 0) is 12.8 Å². The van der Waals surface area contributed by atoms with Crippen LogP contribution in [0.3, 0.4) is 0 Å². The predicted molar refractivity (Wildman–Crippen MR) is 90.8 cm³/mol. The van der Waals surface area contributed by atoms with Crippen molar-refractivity contribution in [2.45, 2.75) is 52.4 Å². The summed E-state index contributed by atoms with van der Waals surface area (Å²) >= 11 is 0. The fraction of sp³-hybridized carbons (Fsp3) is 0.400. The summed E-state index contributed by atoms with van der Waals surface area (Å²) < 4.78 is 0. The van der Waals surface area contributed by atoms with Crippen LogP contribution < -0.4 is 0 Å². The number of para-hydroxylation sites is 1. The fourth-order valence-corrected chi connectivity index (χ4v) is 2.69. The maximum atomic E-state index is 10.1. The molecule has 0 radical (unpaired) electrons. The van der Waals surface area contributed by atoms with E-state index in [0.717, 1.165) is 24.0 Å². The summed E-state index contributed by atoms with van der Waals surface area (Å²) in [6, 6.07) is 14.4. The molecule has 112 valence electrons. The van der Waals surface area contributed by atoms with Crippen LogP contribution in [0.25, 0.3) is 11.1 Å². The highest BCUT2D eigenvalue weighted by Gasteiger charge is 2.07. The SMILES string of the molecule is CCCCc1cc(CCCC)cc(-c2ccccc2O)c1. The monoisotopic (exact) mass is 282 g/mol. The van der Waals surface area contributed by atoms with E-state index in [1.54, 1.807) is 6.07 Å². The molecular formula is C20H26O. The second-order valence-corrected chi connectivity index (χ2v) is 5.76. The molecule has 0 saturated heterocycles. The van der Waals surface area contributed by atoms with Gasteiger partial charge in [-0.25, -0.2) is 0 Å². The molecule has 0 saturated carbocycles. The zero-order valence-corrected chi connectivity index (χ0v) is 13.2. The van der Waals surface area contributed by atoms with Gasteiger partial charge in [-0.1, -0.05) is 63.1 Å². The molecule has 0 fully saturated rings. The average molecular weight is 282 g/mol. The van der Waals surface area contributed by atoms with Crippen molar-refractivity contribution in [3.05, 3.63) is 53.6 Å². The Labute approximate surface area is 128 Å². The molecule has 1 heteroatoms.